The molecule has 24 heavy (non-hydrogen) atoms. The molecule has 1 aromatic rings. The molecule has 0 bridgehead atoms. The van der Waals surface area contributed by atoms with E-state index >= 15 is 0 Å². The van der Waals surface area contributed by atoms with Gasteiger partial charge in [-0.2, -0.15) is 0 Å². The number of amides is 1. The number of allylic oxidation sites excluding steroid dienone is 1. The van der Waals surface area contributed by atoms with Gasteiger partial charge in [0.05, 0.1) is 6.54 Å². The van der Waals surface area contributed by atoms with Crippen LogP contribution in [0.15, 0.2) is 41.4 Å². The summed E-state index contributed by atoms with van der Waals surface area (Å²) in [7, 11) is 3.51. The zero-order chi connectivity index (χ0) is 17.1. The third kappa shape index (κ3) is 8.33. The van der Waals surface area contributed by atoms with Gasteiger partial charge in [-0.15, -0.1) is 24.0 Å². The van der Waals surface area contributed by atoms with E-state index in [-0.39, 0.29) is 29.9 Å². The molecule has 0 spiro atoms. The Labute approximate surface area is 162 Å². The molecule has 0 aliphatic rings. The second kappa shape index (κ2) is 12.8. The van der Waals surface area contributed by atoms with Gasteiger partial charge < -0.3 is 15.5 Å². The van der Waals surface area contributed by atoms with Gasteiger partial charge in [0, 0.05) is 32.7 Å². The third-order valence-corrected chi connectivity index (χ3v) is 3.21. The lowest BCUT2D eigenvalue weighted by atomic mass is 10.1. The van der Waals surface area contributed by atoms with Crippen LogP contribution in [0.1, 0.15) is 36.2 Å². The first kappa shape index (κ1) is 22.4. The highest BCUT2D eigenvalue weighted by atomic mass is 127. The van der Waals surface area contributed by atoms with Crippen LogP contribution in [0.5, 0.6) is 0 Å². The van der Waals surface area contributed by atoms with Crippen molar-refractivity contribution in [1.29, 1.82) is 0 Å². The Kier molecular flexibility index (Phi) is 12.0. The van der Waals surface area contributed by atoms with Gasteiger partial charge >= 0.3 is 0 Å². The van der Waals surface area contributed by atoms with E-state index in [1.807, 2.05) is 44.2 Å². The Morgan fingerprint density at radius 1 is 1.21 bits per heavy atom. The molecule has 0 aromatic heterocycles. The minimum atomic E-state index is 0. The molecule has 5 nitrogen and oxygen atoms in total. The average Bonchev–Trinajstić information content (AvgIpc) is 2.56. The van der Waals surface area contributed by atoms with Crippen molar-refractivity contribution in [2.75, 3.05) is 27.2 Å². The highest BCUT2D eigenvalue weighted by molar-refractivity contribution is 14.0. The Morgan fingerprint density at radius 2 is 1.88 bits per heavy atom. The lowest BCUT2D eigenvalue weighted by molar-refractivity contribution is 0.0827. The number of guanidine groups is 1. The van der Waals surface area contributed by atoms with Gasteiger partial charge in [-0.25, -0.2) is 4.99 Å². The number of hydrogen-bond donors (Lipinski definition) is 2. The van der Waals surface area contributed by atoms with Gasteiger partial charge in [0.15, 0.2) is 5.96 Å². The monoisotopic (exact) mass is 444 g/mol. The first-order valence-corrected chi connectivity index (χ1v) is 8.02. The van der Waals surface area contributed by atoms with E-state index in [0.29, 0.717) is 12.1 Å². The van der Waals surface area contributed by atoms with Crippen molar-refractivity contribution in [1.82, 2.24) is 15.5 Å². The van der Waals surface area contributed by atoms with E-state index in [1.54, 1.807) is 19.0 Å². The van der Waals surface area contributed by atoms with Crippen molar-refractivity contribution in [2.45, 2.75) is 26.8 Å². The molecule has 0 aliphatic carbocycles. The fourth-order valence-corrected chi connectivity index (χ4v) is 1.96. The lowest BCUT2D eigenvalue weighted by Crippen LogP contribution is -2.37. The average molecular weight is 444 g/mol. The second-order valence-corrected chi connectivity index (χ2v) is 5.38. The van der Waals surface area contributed by atoms with Crippen LogP contribution in [0.4, 0.5) is 0 Å². The molecule has 0 saturated heterocycles. The molecule has 0 saturated carbocycles. The summed E-state index contributed by atoms with van der Waals surface area (Å²) in [6, 6.07) is 7.59. The number of carbonyl (C=O) groups excluding carboxylic acids is 1. The molecular formula is C18H29IN4O. The normalized spacial score (nSPS) is 11.1. The largest absolute Gasteiger partial charge is 0.357 e. The van der Waals surface area contributed by atoms with Crippen molar-refractivity contribution in [2.24, 2.45) is 4.99 Å². The van der Waals surface area contributed by atoms with Gasteiger partial charge in [0.1, 0.15) is 0 Å². The zero-order valence-electron chi connectivity index (χ0n) is 15.0. The molecule has 2 N–H and O–H groups in total. The summed E-state index contributed by atoms with van der Waals surface area (Å²) in [6.45, 7) is 6.32. The number of nitrogens with zero attached hydrogens (tertiary/aromatic N) is 2. The first-order valence-electron chi connectivity index (χ1n) is 8.02. The number of halogens is 1. The van der Waals surface area contributed by atoms with Crippen LogP contribution in [0.3, 0.4) is 0 Å². The molecule has 1 amide bonds. The maximum atomic E-state index is 11.9. The van der Waals surface area contributed by atoms with Crippen molar-refractivity contribution in [3.63, 3.8) is 0 Å². The van der Waals surface area contributed by atoms with E-state index in [1.165, 1.54) is 0 Å². The number of carbonyl (C=O) groups is 1. The molecule has 0 unspecified atom stereocenters. The molecule has 0 atom stereocenters. The van der Waals surface area contributed by atoms with Gasteiger partial charge in [0.25, 0.3) is 5.91 Å². The molecule has 0 fully saturated rings. The highest BCUT2D eigenvalue weighted by Crippen LogP contribution is 2.07. The van der Waals surface area contributed by atoms with Gasteiger partial charge in [-0.3, -0.25) is 4.79 Å². The van der Waals surface area contributed by atoms with E-state index in [4.69, 9.17) is 0 Å². The summed E-state index contributed by atoms with van der Waals surface area (Å²) in [5.41, 5.74) is 1.77. The summed E-state index contributed by atoms with van der Waals surface area (Å²) in [5.74, 6) is 0.824. The summed E-state index contributed by atoms with van der Waals surface area (Å²) in [6.07, 6.45) is 5.14. The van der Waals surface area contributed by atoms with Crippen LogP contribution in [0.25, 0.3) is 0 Å². The maximum Gasteiger partial charge on any atom is 0.253 e. The molecule has 6 heteroatoms. The number of benzene rings is 1. The molecule has 0 heterocycles. The number of aliphatic imine (C=N–C) groups is 1. The summed E-state index contributed by atoms with van der Waals surface area (Å²) >= 11 is 0. The van der Waals surface area contributed by atoms with Crippen molar-refractivity contribution in [3.05, 3.63) is 47.5 Å². The molecule has 1 rings (SSSR count). The lowest BCUT2D eigenvalue weighted by Gasteiger charge is -2.11. The fourth-order valence-electron chi connectivity index (χ4n) is 1.96. The number of rotatable bonds is 7. The summed E-state index contributed by atoms with van der Waals surface area (Å²) in [5, 5.41) is 6.53. The second-order valence-electron chi connectivity index (χ2n) is 5.38. The molecule has 134 valence electrons. The highest BCUT2D eigenvalue weighted by Gasteiger charge is 2.06. The van der Waals surface area contributed by atoms with E-state index in [0.717, 1.165) is 31.0 Å². The third-order valence-electron chi connectivity index (χ3n) is 3.21. The number of hydrogen-bond acceptors (Lipinski definition) is 2. The van der Waals surface area contributed by atoms with Crippen molar-refractivity contribution >= 4 is 35.8 Å². The topological polar surface area (TPSA) is 56.7 Å². The van der Waals surface area contributed by atoms with E-state index < -0.39 is 0 Å². The summed E-state index contributed by atoms with van der Waals surface area (Å²) < 4.78 is 0. The Morgan fingerprint density at radius 3 is 2.42 bits per heavy atom. The van der Waals surface area contributed by atoms with Gasteiger partial charge in [-0.1, -0.05) is 24.3 Å². The predicted octanol–water partition coefficient (Wildman–Crippen LogP) is 3.03. The van der Waals surface area contributed by atoms with Crippen LogP contribution in [0, 0.1) is 0 Å². The van der Waals surface area contributed by atoms with Crippen LogP contribution in [0.2, 0.25) is 0 Å². The Hall–Kier alpha value is -1.57. The Bertz CT molecular complexity index is 538. The first-order chi connectivity index (χ1) is 11.1. The van der Waals surface area contributed by atoms with E-state index in [9.17, 15) is 4.79 Å². The minimum absolute atomic E-state index is 0. The van der Waals surface area contributed by atoms with Gasteiger partial charge in [0.2, 0.25) is 0 Å². The molecule has 0 radical (unpaired) electrons. The van der Waals surface area contributed by atoms with Crippen LogP contribution in [-0.2, 0) is 6.54 Å². The standard InChI is InChI=1S/C18H28N4O.HI/c1-5-7-8-13-20-18(19-6-2)21-14-15-9-11-16(12-10-15)17(23)22(3)4;/h5,7,9-12H,6,8,13-14H2,1-4H3,(H2,19,20,21);1H. The fraction of sp³-hybridized carbons (Fsp3) is 0.444. The van der Waals surface area contributed by atoms with Crippen molar-refractivity contribution < 1.29 is 4.79 Å². The summed E-state index contributed by atoms with van der Waals surface area (Å²) in [4.78, 5) is 18.0. The Balaban J connectivity index is 0.00000529. The van der Waals surface area contributed by atoms with Crippen LogP contribution < -0.4 is 10.6 Å². The molecule has 0 aliphatic heterocycles. The van der Waals surface area contributed by atoms with Crippen LogP contribution in [-0.4, -0.2) is 44.0 Å². The minimum Gasteiger partial charge on any atom is -0.357 e. The smallest absolute Gasteiger partial charge is 0.253 e. The van der Waals surface area contributed by atoms with Crippen molar-refractivity contribution in [3.8, 4) is 0 Å². The van der Waals surface area contributed by atoms with E-state index in [2.05, 4.69) is 21.7 Å². The van der Waals surface area contributed by atoms with Crippen LogP contribution >= 0.6 is 24.0 Å². The molecule has 1 aromatic carbocycles. The maximum absolute atomic E-state index is 11.9. The SMILES string of the molecule is CC=CCCNC(=NCc1ccc(C(=O)N(C)C)cc1)NCC.I. The van der Waals surface area contributed by atoms with Gasteiger partial charge in [-0.05, 0) is 38.0 Å². The number of nitrogens with one attached hydrogen (secondary N) is 2. The zero-order valence-corrected chi connectivity index (χ0v) is 17.3. The molecular weight excluding hydrogens is 415 g/mol. The quantitative estimate of drug-likeness (QED) is 0.224. The predicted molar refractivity (Wildman–Crippen MR) is 112 cm³/mol.